The van der Waals surface area contributed by atoms with E-state index < -0.39 is 41.9 Å². The van der Waals surface area contributed by atoms with E-state index in [1.807, 2.05) is 13.8 Å². The van der Waals surface area contributed by atoms with Gasteiger partial charge in [-0.15, -0.1) is 0 Å². The van der Waals surface area contributed by atoms with Gasteiger partial charge in [-0.1, -0.05) is 19.9 Å². The standard InChI is InChI=1S/C21H30F3NO5/c1-12(2)10-16(25-19(27)30-20(3,4)5)17(26)14-7-6-13(21(22,23)24)11-15(14)18-28-8-9-29-18/h6-7,11-12,16-18,26H,8-10H2,1-5H3,(H,25,27)/t16-,17?/m1/s1. The second-order valence-electron chi connectivity index (χ2n) is 8.74. The van der Waals surface area contributed by atoms with E-state index >= 15 is 0 Å². The summed E-state index contributed by atoms with van der Waals surface area (Å²) in [6, 6.07) is 2.25. The molecule has 0 radical (unpaired) electrons. The van der Waals surface area contributed by atoms with Gasteiger partial charge in [0.05, 0.1) is 30.9 Å². The molecule has 0 spiro atoms. The lowest BCUT2D eigenvalue weighted by Gasteiger charge is -2.30. The van der Waals surface area contributed by atoms with Crippen LogP contribution in [0, 0.1) is 5.92 Å². The van der Waals surface area contributed by atoms with E-state index in [0.29, 0.717) is 6.42 Å². The fraction of sp³-hybridized carbons (Fsp3) is 0.667. The number of carbonyl (C=O) groups excluding carboxylic acids is 1. The van der Waals surface area contributed by atoms with Crippen LogP contribution in [0.15, 0.2) is 18.2 Å². The Kier molecular flexibility index (Phi) is 7.76. The van der Waals surface area contributed by atoms with Gasteiger partial charge in [-0.05, 0) is 50.8 Å². The van der Waals surface area contributed by atoms with E-state index in [4.69, 9.17) is 14.2 Å². The smallest absolute Gasteiger partial charge is 0.416 e. The van der Waals surface area contributed by atoms with Gasteiger partial charge in [-0.2, -0.15) is 13.2 Å². The topological polar surface area (TPSA) is 77.0 Å². The molecule has 9 heteroatoms. The molecule has 1 aliphatic rings. The molecule has 0 bridgehead atoms. The molecule has 1 fully saturated rings. The van der Waals surface area contributed by atoms with Crippen molar-refractivity contribution in [2.24, 2.45) is 5.92 Å². The molecule has 170 valence electrons. The lowest BCUT2D eigenvalue weighted by molar-refractivity contribution is -0.137. The predicted octanol–water partition coefficient (Wildman–Crippen LogP) is 4.72. The highest BCUT2D eigenvalue weighted by Crippen LogP contribution is 2.37. The van der Waals surface area contributed by atoms with Gasteiger partial charge in [-0.3, -0.25) is 0 Å². The Labute approximate surface area is 174 Å². The summed E-state index contributed by atoms with van der Waals surface area (Å²) in [6.45, 7) is 9.43. The van der Waals surface area contributed by atoms with Crippen LogP contribution in [-0.2, 0) is 20.4 Å². The van der Waals surface area contributed by atoms with Crippen LogP contribution < -0.4 is 5.32 Å². The van der Waals surface area contributed by atoms with Gasteiger partial charge in [0, 0.05) is 5.56 Å². The van der Waals surface area contributed by atoms with Gasteiger partial charge in [0.15, 0.2) is 6.29 Å². The van der Waals surface area contributed by atoms with Gasteiger partial charge in [0.2, 0.25) is 0 Å². The van der Waals surface area contributed by atoms with Gasteiger partial charge >= 0.3 is 12.3 Å². The molecule has 1 aromatic carbocycles. The molecule has 6 nitrogen and oxygen atoms in total. The minimum absolute atomic E-state index is 0.0922. The van der Waals surface area contributed by atoms with Crippen LogP contribution in [0.4, 0.5) is 18.0 Å². The average Bonchev–Trinajstić information content (AvgIpc) is 3.11. The monoisotopic (exact) mass is 433 g/mol. The van der Waals surface area contributed by atoms with Crippen LogP contribution in [-0.4, -0.2) is 36.1 Å². The molecule has 30 heavy (non-hydrogen) atoms. The van der Waals surface area contributed by atoms with Gasteiger partial charge in [0.1, 0.15) is 5.60 Å². The summed E-state index contributed by atoms with van der Waals surface area (Å²) in [5, 5.41) is 13.7. The van der Waals surface area contributed by atoms with Crippen LogP contribution in [0.2, 0.25) is 0 Å². The first-order valence-electron chi connectivity index (χ1n) is 9.89. The van der Waals surface area contributed by atoms with E-state index in [2.05, 4.69) is 5.32 Å². The Morgan fingerprint density at radius 2 is 1.83 bits per heavy atom. The summed E-state index contributed by atoms with van der Waals surface area (Å²) < 4.78 is 55.7. The number of amides is 1. The maximum atomic E-state index is 13.2. The minimum Gasteiger partial charge on any atom is -0.444 e. The van der Waals surface area contributed by atoms with E-state index in [1.165, 1.54) is 6.07 Å². The first kappa shape index (κ1) is 24.4. The average molecular weight is 433 g/mol. The van der Waals surface area contributed by atoms with Crippen molar-refractivity contribution in [2.75, 3.05) is 13.2 Å². The second kappa shape index (κ2) is 9.53. The predicted molar refractivity (Wildman–Crippen MR) is 104 cm³/mol. The number of benzene rings is 1. The number of hydrogen-bond donors (Lipinski definition) is 2. The Morgan fingerprint density at radius 3 is 2.33 bits per heavy atom. The Hall–Kier alpha value is -1.84. The molecule has 2 rings (SSSR count). The molecule has 0 saturated carbocycles. The van der Waals surface area contributed by atoms with Crippen molar-refractivity contribution in [2.45, 2.75) is 71.3 Å². The Bertz CT molecular complexity index is 724. The zero-order valence-corrected chi connectivity index (χ0v) is 17.9. The van der Waals surface area contributed by atoms with Crippen LogP contribution in [0.3, 0.4) is 0 Å². The highest BCUT2D eigenvalue weighted by atomic mass is 19.4. The summed E-state index contributed by atoms with van der Waals surface area (Å²) in [7, 11) is 0. The number of alkyl carbamates (subject to hydrolysis) is 1. The first-order valence-corrected chi connectivity index (χ1v) is 9.89. The fourth-order valence-electron chi connectivity index (χ4n) is 3.21. The number of aliphatic hydroxyl groups excluding tert-OH is 1. The molecule has 1 aromatic rings. The van der Waals surface area contributed by atoms with Crippen molar-refractivity contribution in [3.05, 3.63) is 34.9 Å². The van der Waals surface area contributed by atoms with Gasteiger partial charge in [-0.25, -0.2) is 4.79 Å². The molecule has 2 atom stereocenters. The molecule has 1 heterocycles. The van der Waals surface area contributed by atoms with Crippen LogP contribution >= 0.6 is 0 Å². The molecule has 0 aromatic heterocycles. The van der Waals surface area contributed by atoms with Crippen molar-refractivity contribution in [1.29, 1.82) is 0 Å². The van der Waals surface area contributed by atoms with Crippen molar-refractivity contribution < 1.29 is 37.3 Å². The largest absolute Gasteiger partial charge is 0.444 e. The van der Waals surface area contributed by atoms with E-state index in [0.717, 1.165) is 12.1 Å². The van der Waals surface area contributed by atoms with Crippen molar-refractivity contribution in [3.63, 3.8) is 0 Å². The lowest BCUT2D eigenvalue weighted by atomic mass is 9.90. The van der Waals surface area contributed by atoms with Crippen LogP contribution in [0.25, 0.3) is 0 Å². The molecule has 1 saturated heterocycles. The summed E-state index contributed by atoms with van der Waals surface area (Å²) in [5.41, 5.74) is -1.30. The SMILES string of the molecule is CC(C)C[C@@H](NC(=O)OC(C)(C)C)C(O)c1ccc(C(F)(F)F)cc1C1OCCO1. The van der Waals surface area contributed by atoms with Crippen LogP contribution in [0.1, 0.15) is 70.1 Å². The zero-order valence-electron chi connectivity index (χ0n) is 17.9. The first-order chi connectivity index (χ1) is 13.8. The highest BCUT2D eigenvalue weighted by molar-refractivity contribution is 5.68. The maximum Gasteiger partial charge on any atom is 0.416 e. The summed E-state index contributed by atoms with van der Waals surface area (Å²) in [5.74, 6) is 0.0939. The summed E-state index contributed by atoms with van der Waals surface area (Å²) >= 11 is 0. The highest BCUT2D eigenvalue weighted by Gasteiger charge is 2.35. The molecule has 0 aliphatic carbocycles. The number of halogens is 3. The quantitative estimate of drug-likeness (QED) is 0.679. The molecule has 1 aliphatic heterocycles. The van der Waals surface area contributed by atoms with E-state index in [1.54, 1.807) is 20.8 Å². The van der Waals surface area contributed by atoms with E-state index in [-0.39, 0.29) is 30.3 Å². The third kappa shape index (κ3) is 6.85. The van der Waals surface area contributed by atoms with Crippen molar-refractivity contribution in [1.82, 2.24) is 5.32 Å². The number of rotatable bonds is 6. The molecule has 1 amide bonds. The number of nitrogens with one attached hydrogen (secondary N) is 1. The number of carbonyl (C=O) groups is 1. The second-order valence-corrected chi connectivity index (χ2v) is 8.74. The molecule has 2 N–H and O–H groups in total. The number of alkyl halides is 3. The minimum atomic E-state index is -4.55. The fourth-order valence-corrected chi connectivity index (χ4v) is 3.21. The normalized spacial score (nSPS) is 17.8. The molecular weight excluding hydrogens is 403 g/mol. The number of hydrogen-bond acceptors (Lipinski definition) is 5. The van der Waals surface area contributed by atoms with Crippen molar-refractivity contribution >= 4 is 6.09 Å². The maximum absolute atomic E-state index is 13.2. The Morgan fingerprint density at radius 1 is 1.23 bits per heavy atom. The molecular formula is C21H30F3NO5. The van der Waals surface area contributed by atoms with Gasteiger partial charge in [0.25, 0.3) is 0 Å². The summed E-state index contributed by atoms with van der Waals surface area (Å²) in [4.78, 5) is 12.3. The number of aliphatic hydroxyl groups is 1. The lowest BCUT2D eigenvalue weighted by Crippen LogP contribution is -2.43. The Balaban J connectivity index is 2.37. The number of ether oxygens (including phenoxy) is 3. The summed E-state index contributed by atoms with van der Waals surface area (Å²) in [6.07, 6.45) is -7.19. The molecule has 1 unspecified atom stereocenters. The third-order valence-electron chi connectivity index (χ3n) is 4.42. The van der Waals surface area contributed by atoms with Crippen LogP contribution in [0.5, 0.6) is 0 Å². The van der Waals surface area contributed by atoms with Crippen molar-refractivity contribution in [3.8, 4) is 0 Å². The van der Waals surface area contributed by atoms with Gasteiger partial charge < -0.3 is 24.6 Å². The third-order valence-corrected chi connectivity index (χ3v) is 4.42. The van der Waals surface area contributed by atoms with E-state index in [9.17, 15) is 23.1 Å². The zero-order chi connectivity index (χ0) is 22.7.